The SMILES string of the molecule is CN1CCN(NC(=O)c2ccc(C#CCO)s2)CC1. The number of hydrogen-bond donors (Lipinski definition) is 2. The Morgan fingerprint density at radius 1 is 1.42 bits per heavy atom. The number of carbonyl (C=O) groups excluding carboxylic acids is 1. The van der Waals surface area contributed by atoms with Crippen molar-refractivity contribution in [3.63, 3.8) is 0 Å². The lowest BCUT2D eigenvalue weighted by Gasteiger charge is -2.32. The molecular formula is C13H17N3O2S. The monoisotopic (exact) mass is 279 g/mol. The highest BCUT2D eigenvalue weighted by Crippen LogP contribution is 2.15. The van der Waals surface area contributed by atoms with E-state index in [1.165, 1.54) is 11.3 Å². The summed E-state index contributed by atoms with van der Waals surface area (Å²) in [5.41, 5.74) is 2.91. The van der Waals surface area contributed by atoms with Crippen LogP contribution in [0.15, 0.2) is 12.1 Å². The maximum Gasteiger partial charge on any atom is 0.275 e. The van der Waals surface area contributed by atoms with Crippen molar-refractivity contribution >= 4 is 17.2 Å². The molecule has 1 saturated heterocycles. The first kappa shape index (κ1) is 14.0. The van der Waals surface area contributed by atoms with Crippen LogP contribution in [-0.4, -0.2) is 60.8 Å². The van der Waals surface area contributed by atoms with Crippen molar-refractivity contribution in [1.29, 1.82) is 0 Å². The number of carbonyl (C=O) groups is 1. The Balaban J connectivity index is 1.91. The van der Waals surface area contributed by atoms with Crippen molar-refractivity contribution in [2.75, 3.05) is 39.8 Å². The maximum absolute atomic E-state index is 12.0. The highest BCUT2D eigenvalue weighted by atomic mass is 32.1. The van der Waals surface area contributed by atoms with Crippen LogP contribution in [-0.2, 0) is 0 Å². The molecule has 1 aliphatic rings. The summed E-state index contributed by atoms with van der Waals surface area (Å²) in [6.07, 6.45) is 0. The van der Waals surface area contributed by atoms with Gasteiger partial charge in [0.1, 0.15) is 6.61 Å². The lowest BCUT2D eigenvalue weighted by atomic mass is 10.4. The predicted molar refractivity (Wildman–Crippen MR) is 74.8 cm³/mol. The smallest absolute Gasteiger partial charge is 0.275 e. The summed E-state index contributed by atoms with van der Waals surface area (Å²) in [6, 6.07) is 3.56. The Bertz CT molecular complexity index is 495. The number of aliphatic hydroxyl groups excluding tert-OH is 1. The van der Waals surface area contributed by atoms with E-state index < -0.39 is 0 Å². The van der Waals surface area contributed by atoms with E-state index >= 15 is 0 Å². The molecule has 1 aromatic heterocycles. The molecule has 1 amide bonds. The zero-order valence-corrected chi connectivity index (χ0v) is 11.7. The van der Waals surface area contributed by atoms with Crippen LogP contribution in [0.2, 0.25) is 0 Å². The van der Waals surface area contributed by atoms with Crippen molar-refractivity contribution in [3.05, 3.63) is 21.9 Å². The Kier molecular flexibility index (Phi) is 4.93. The van der Waals surface area contributed by atoms with Gasteiger partial charge in [0.2, 0.25) is 0 Å². The molecule has 0 radical (unpaired) electrons. The molecule has 102 valence electrons. The molecule has 2 heterocycles. The van der Waals surface area contributed by atoms with Gasteiger partial charge in [0, 0.05) is 26.2 Å². The summed E-state index contributed by atoms with van der Waals surface area (Å²) >= 11 is 1.34. The lowest BCUT2D eigenvalue weighted by Crippen LogP contribution is -2.52. The van der Waals surface area contributed by atoms with Crippen LogP contribution < -0.4 is 5.43 Å². The average Bonchev–Trinajstić information content (AvgIpc) is 2.88. The molecule has 0 unspecified atom stereocenters. The van der Waals surface area contributed by atoms with Gasteiger partial charge in [-0.3, -0.25) is 10.2 Å². The number of amides is 1. The average molecular weight is 279 g/mol. The van der Waals surface area contributed by atoms with E-state index in [0.717, 1.165) is 31.1 Å². The number of aliphatic hydroxyl groups is 1. The highest BCUT2D eigenvalue weighted by Gasteiger charge is 2.17. The van der Waals surface area contributed by atoms with Crippen molar-refractivity contribution in [3.8, 4) is 11.8 Å². The van der Waals surface area contributed by atoms with Crippen LogP contribution in [0.4, 0.5) is 0 Å². The molecule has 0 spiro atoms. The zero-order valence-electron chi connectivity index (χ0n) is 10.8. The van der Waals surface area contributed by atoms with Crippen LogP contribution in [0.5, 0.6) is 0 Å². The normalized spacial score (nSPS) is 16.7. The van der Waals surface area contributed by atoms with Gasteiger partial charge in [-0.25, -0.2) is 5.01 Å². The first-order chi connectivity index (χ1) is 9.19. The Morgan fingerprint density at radius 2 is 2.16 bits per heavy atom. The fourth-order valence-electron chi connectivity index (χ4n) is 1.77. The van der Waals surface area contributed by atoms with Crippen LogP contribution >= 0.6 is 11.3 Å². The quantitative estimate of drug-likeness (QED) is 0.747. The minimum atomic E-state index is -0.166. The third-order valence-corrected chi connectivity index (χ3v) is 3.88. The summed E-state index contributed by atoms with van der Waals surface area (Å²) in [7, 11) is 2.07. The number of rotatable bonds is 2. The van der Waals surface area contributed by atoms with Crippen LogP contribution in [0.3, 0.4) is 0 Å². The van der Waals surface area contributed by atoms with E-state index in [-0.39, 0.29) is 12.5 Å². The van der Waals surface area contributed by atoms with Gasteiger partial charge in [-0.2, -0.15) is 0 Å². The van der Waals surface area contributed by atoms with Gasteiger partial charge in [0.15, 0.2) is 0 Å². The number of hydrazine groups is 1. The Labute approximate surface area is 116 Å². The number of piperazine rings is 1. The Morgan fingerprint density at radius 3 is 2.84 bits per heavy atom. The maximum atomic E-state index is 12.0. The summed E-state index contributed by atoms with van der Waals surface area (Å²) in [5.74, 6) is 5.28. The molecule has 0 aromatic carbocycles. The number of thiophene rings is 1. The molecule has 19 heavy (non-hydrogen) atoms. The number of nitrogens with one attached hydrogen (secondary N) is 1. The minimum absolute atomic E-state index is 0.0911. The standard InChI is InChI=1S/C13H17N3O2S/c1-15-6-8-16(9-7-15)14-13(18)12-5-4-11(19-12)3-2-10-17/h4-5,17H,6-10H2,1H3,(H,14,18). The van der Waals surface area contributed by atoms with Crippen molar-refractivity contribution in [1.82, 2.24) is 15.3 Å². The van der Waals surface area contributed by atoms with Crippen molar-refractivity contribution in [2.45, 2.75) is 0 Å². The lowest BCUT2D eigenvalue weighted by molar-refractivity contribution is 0.0666. The summed E-state index contributed by atoms with van der Waals surface area (Å²) in [4.78, 5) is 15.7. The molecule has 0 aliphatic carbocycles. The highest BCUT2D eigenvalue weighted by molar-refractivity contribution is 7.14. The molecule has 1 fully saturated rings. The van der Waals surface area contributed by atoms with Crippen LogP contribution in [0.1, 0.15) is 14.5 Å². The number of hydrogen-bond acceptors (Lipinski definition) is 5. The fourth-order valence-corrected chi connectivity index (χ4v) is 2.54. The third-order valence-electron chi connectivity index (χ3n) is 2.88. The topological polar surface area (TPSA) is 55.8 Å². The van der Waals surface area contributed by atoms with E-state index in [9.17, 15) is 4.79 Å². The third kappa shape index (κ3) is 4.04. The second kappa shape index (κ2) is 6.68. The molecule has 5 nitrogen and oxygen atoms in total. The van der Waals surface area contributed by atoms with Crippen LogP contribution in [0.25, 0.3) is 0 Å². The molecule has 0 atom stereocenters. The van der Waals surface area contributed by atoms with E-state index in [2.05, 4.69) is 29.2 Å². The Hall–Kier alpha value is -1.39. The largest absolute Gasteiger partial charge is 0.384 e. The van der Waals surface area contributed by atoms with Gasteiger partial charge in [-0.1, -0.05) is 11.8 Å². The van der Waals surface area contributed by atoms with Gasteiger partial charge in [0.05, 0.1) is 9.75 Å². The van der Waals surface area contributed by atoms with Gasteiger partial charge in [-0.05, 0) is 19.2 Å². The second-order valence-corrected chi connectivity index (χ2v) is 5.44. The van der Waals surface area contributed by atoms with Crippen LogP contribution in [0, 0.1) is 11.8 Å². The first-order valence-corrected chi connectivity index (χ1v) is 6.95. The number of nitrogens with zero attached hydrogens (tertiary/aromatic N) is 2. The minimum Gasteiger partial charge on any atom is -0.384 e. The summed E-state index contributed by atoms with van der Waals surface area (Å²) in [5, 5.41) is 10.6. The molecule has 0 saturated carbocycles. The molecule has 2 N–H and O–H groups in total. The van der Waals surface area contributed by atoms with Gasteiger partial charge < -0.3 is 10.0 Å². The van der Waals surface area contributed by atoms with E-state index in [4.69, 9.17) is 5.11 Å². The zero-order chi connectivity index (χ0) is 13.7. The molecular weight excluding hydrogens is 262 g/mol. The molecule has 1 aliphatic heterocycles. The first-order valence-electron chi connectivity index (χ1n) is 6.13. The molecule has 0 bridgehead atoms. The van der Waals surface area contributed by atoms with E-state index in [0.29, 0.717) is 4.88 Å². The van der Waals surface area contributed by atoms with Crippen molar-refractivity contribution < 1.29 is 9.90 Å². The summed E-state index contributed by atoms with van der Waals surface area (Å²) < 4.78 is 0. The van der Waals surface area contributed by atoms with E-state index in [1.54, 1.807) is 12.1 Å². The number of likely N-dealkylation sites (N-methyl/N-ethyl adjacent to an activating group) is 1. The molecule has 1 aromatic rings. The predicted octanol–water partition coefficient (Wildman–Crippen LogP) is -0.0159. The fraction of sp³-hybridized carbons (Fsp3) is 0.462. The van der Waals surface area contributed by atoms with Gasteiger partial charge in [0.25, 0.3) is 5.91 Å². The van der Waals surface area contributed by atoms with Gasteiger partial charge >= 0.3 is 0 Å². The molecule has 6 heteroatoms. The van der Waals surface area contributed by atoms with E-state index in [1.807, 2.05) is 5.01 Å². The molecule has 2 rings (SSSR count). The van der Waals surface area contributed by atoms with Crippen molar-refractivity contribution in [2.24, 2.45) is 0 Å². The van der Waals surface area contributed by atoms with Gasteiger partial charge in [-0.15, -0.1) is 11.3 Å². The second-order valence-electron chi connectivity index (χ2n) is 4.36. The summed E-state index contributed by atoms with van der Waals surface area (Å²) in [6.45, 7) is 3.42.